The average molecular weight is 219 g/mol. The summed E-state index contributed by atoms with van der Waals surface area (Å²) in [4.78, 5) is 0. The number of hydrogen-bond donors (Lipinski definition) is 1. The van der Waals surface area contributed by atoms with Crippen molar-refractivity contribution >= 4 is 0 Å². The van der Waals surface area contributed by atoms with Crippen molar-refractivity contribution in [1.29, 1.82) is 0 Å². The molecule has 2 rings (SSSR count). The van der Waals surface area contributed by atoms with Crippen LogP contribution in [0.15, 0.2) is 24.3 Å². The Kier molecular flexibility index (Phi) is 3.11. The molecule has 1 aromatic heterocycles. The average Bonchev–Trinajstić information content (AvgIpc) is 2.77. The highest BCUT2D eigenvalue weighted by atomic mass is 16.5. The molecule has 6 heteroatoms. The molecule has 0 unspecified atom stereocenters. The first-order chi connectivity index (χ1) is 7.85. The fourth-order valence-electron chi connectivity index (χ4n) is 1.49. The SMILES string of the molecule is COc1ccccc1Cn1nnnc1CN. The second-order valence-corrected chi connectivity index (χ2v) is 3.27. The van der Waals surface area contributed by atoms with E-state index in [1.165, 1.54) is 0 Å². The summed E-state index contributed by atoms with van der Waals surface area (Å²) in [5, 5.41) is 11.3. The zero-order valence-electron chi connectivity index (χ0n) is 9.00. The zero-order chi connectivity index (χ0) is 11.4. The van der Waals surface area contributed by atoms with Crippen molar-refractivity contribution in [3.63, 3.8) is 0 Å². The van der Waals surface area contributed by atoms with Crippen LogP contribution in [-0.2, 0) is 13.1 Å². The van der Waals surface area contributed by atoms with E-state index < -0.39 is 0 Å². The summed E-state index contributed by atoms with van der Waals surface area (Å²) in [6, 6.07) is 7.75. The lowest BCUT2D eigenvalue weighted by Gasteiger charge is -2.08. The second-order valence-electron chi connectivity index (χ2n) is 3.27. The number of aromatic nitrogens is 4. The van der Waals surface area contributed by atoms with Crippen molar-refractivity contribution in [2.24, 2.45) is 5.73 Å². The van der Waals surface area contributed by atoms with Crippen molar-refractivity contribution in [1.82, 2.24) is 20.2 Å². The number of tetrazole rings is 1. The molecule has 6 nitrogen and oxygen atoms in total. The summed E-state index contributed by atoms with van der Waals surface area (Å²) in [6.07, 6.45) is 0. The van der Waals surface area contributed by atoms with Crippen molar-refractivity contribution < 1.29 is 4.74 Å². The maximum Gasteiger partial charge on any atom is 0.165 e. The van der Waals surface area contributed by atoms with Crippen LogP contribution in [0.5, 0.6) is 5.75 Å². The summed E-state index contributed by atoms with van der Waals surface area (Å²) in [7, 11) is 1.64. The minimum absolute atomic E-state index is 0.322. The summed E-state index contributed by atoms with van der Waals surface area (Å²) < 4.78 is 6.92. The molecule has 2 N–H and O–H groups in total. The van der Waals surface area contributed by atoms with E-state index in [0.717, 1.165) is 11.3 Å². The van der Waals surface area contributed by atoms with Crippen LogP contribution in [0.4, 0.5) is 0 Å². The molecular weight excluding hydrogens is 206 g/mol. The van der Waals surface area contributed by atoms with E-state index in [9.17, 15) is 0 Å². The number of hydrogen-bond acceptors (Lipinski definition) is 5. The van der Waals surface area contributed by atoms with E-state index in [0.29, 0.717) is 18.9 Å². The second kappa shape index (κ2) is 4.71. The van der Waals surface area contributed by atoms with Gasteiger partial charge in [0.1, 0.15) is 5.75 Å². The van der Waals surface area contributed by atoms with Gasteiger partial charge in [-0.05, 0) is 16.5 Å². The van der Waals surface area contributed by atoms with Crippen LogP contribution in [-0.4, -0.2) is 27.3 Å². The smallest absolute Gasteiger partial charge is 0.165 e. The highest BCUT2D eigenvalue weighted by Crippen LogP contribution is 2.18. The normalized spacial score (nSPS) is 10.4. The van der Waals surface area contributed by atoms with Crippen molar-refractivity contribution in [2.45, 2.75) is 13.1 Å². The van der Waals surface area contributed by atoms with E-state index >= 15 is 0 Å². The zero-order valence-corrected chi connectivity index (χ0v) is 9.00. The first-order valence-corrected chi connectivity index (χ1v) is 4.92. The number of ether oxygens (including phenoxy) is 1. The van der Waals surface area contributed by atoms with Gasteiger partial charge in [0, 0.05) is 5.56 Å². The maximum absolute atomic E-state index is 5.52. The fourth-order valence-corrected chi connectivity index (χ4v) is 1.49. The number of nitrogens with zero attached hydrogens (tertiary/aromatic N) is 4. The Hall–Kier alpha value is -1.95. The molecule has 0 aliphatic rings. The number of nitrogens with two attached hydrogens (primary N) is 1. The van der Waals surface area contributed by atoms with Gasteiger partial charge in [0.05, 0.1) is 20.2 Å². The number of benzene rings is 1. The van der Waals surface area contributed by atoms with Gasteiger partial charge in [0.25, 0.3) is 0 Å². The summed E-state index contributed by atoms with van der Waals surface area (Å²) in [5.74, 6) is 1.48. The third-order valence-electron chi connectivity index (χ3n) is 2.30. The van der Waals surface area contributed by atoms with E-state index in [1.807, 2.05) is 24.3 Å². The Balaban J connectivity index is 2.26. The lowest BCUT2D eigenvalue weighted by Crippen LogP contribution is -2.11. The molecule has 16 heavy (non-hydrogen) atoms. The van der Waals surface area contributed by atoms with Gasteiger partial charge in [0.2, 0.25) is 0 Å². The first-order valence-electron chi connectivity index (χ1n) is 4.92. The molecule has 84 valence electrons. The predicted molar refractivity (Wildman–Crippen MR) is 57.8 cm³/mol. The van der Waals surface area contributed by atoms with Gasteiger partial charge < -0.3 is 10.5 Å². The van der Waals surface area contributed by atoms with E-state index in [4.69, 9.17) is 10.5 Å². The molecule has 0 amide bonds. The van der Waals surface area contributed by atoms with Crippen LogP contribution in [0, 0.1) is 0 Å². The predicted octanol–water partition coefficient (Wildman–Crippen LogP) is 0.189. The van der Waals surface area contributed by atoms with Gasteiger partial charge >= 0.3 is 0 Å². The minimum atomic E-state index is 0.322. The summed E-state index contributed by atoms with van der Waals surface area (Å²) >= 11 is 0. The van der Waals surface area contributed by atoms with Gasteiger partial charge in [-0.15, -0.1) is 5.10 Å². The first kappa shape index (κ1) is 10.6. The molecule has 0 spiro atoms. The van der Waals surface area contributed by atoms with Crippen molar-refractivity contribution in [3.05, 3.63) is 35.7 Å². The molecule has 0 radical (unpaired) electrons. The molecule has 0 fully saturated rings. The topological polar surface area (TPSA) is 78.8 Å². The van der Waals surface area contributed by atoms with Crippen LogP contribution in [0.25, 0.3) is 0 Å². The van der Waals surface area contributed by atoms with Crippen LogP contribution >= 0.6 is 0 Å². The lowest BCUT2D eigenvalue weighted by atomic mass is 10.2. The van der Waals surface area contributed by atoms with Gasteiger partial charge in [-0.3, -0.25) is 0 Å². The molecule has 0 aliphatic carbocycles. The molecule has 1 aromatic carbocycles. The molecule has 0 aliphatic heterocycles. The number of rotatable bonds is 4. The maximum atomic E-state index is 5.52. The number of methoxy groups -OCH3 is 1. The van der Waals surface area contributed by atoms with Crippen LogP contribution in [0.2, 0.25) is 0 Å². The molecule has 0 saturated heterocycles. The Morgan fingerprint density at radius 1 is 1.38 bits per heavy atom. The van der Waals surface area contributed by atoms with Gasteiger partial charge in [0.15, 0.2) is 5.82 Å². The van der Waals surface area contributed by atoms with Gasteiger partial charge in [-0.1, -0.05) is 18.2 Å². The highest BCUT2D eigenvalue weighted by molar-refractivity contribution is 5.33. The van der Waals surface area contributed by atoms with Crippen molar-refractivity contribution in [3.8, 4) is 5.75 Å². The Bertz CT molecular complexity index is 468. The highest BCUT2D eigenvalue weighted by Gasteiger charge is 2.07. The molecule has 0 atom stereocenters. The molecule has 1 heterocycles. The number of para-hydroxylation sites is 1. The van der Waals surface area contributed by atoms with E-state index in [2.05, 4.69) is 15.5 Å². The molecule has 2 aromatic rings. The largest absolute Gasteiger partial charge is 0.496 e. The lowest BCUT2D eigenvalue weighted by molar-refractivity contribution is 0.406. The third-order valence-corrected chi connectivity index (χ3v) is 2.30. The van der Waals surface area contributed by atoms with E-state index in [1.54, 1.807) is 11.8 Å². The quantitative estimate of drug-likeness (QED) is 0.794. The molecule has 0 saturated carbocycles. The summed E-state index contributed by atoms with van der Waals surface area (Å²) in [6.45, 7) is 0.881. The molecule has 0 bridgehead atoms. The fraction of sp³-hybridized carbons (Fsp3) is 0.300. The van der Waals surface area contributed by atoms with Crippen molar-refractivity contribution in [2.75, 3.05) is 7.11 Å². The Morgan fingerprint density at radius 2 is 2.19 bits per heavy atom. The Morgan fingerprint density at radius 3 is 2.94 bits per heavy atom. The van der Waals surface area contributed by atoms with E-state index in [-0.39, 0.29) is 0 Å². The Labute approximate surface area is 93.0 Å². The minimum Gasteiger partial charge on any atom is -0.496 e. The van der Waals surface area contributed by atoms with Gasteiger partial charge in [-0.25, -0.2) is 4.68 Å². The summed E-state index contributed by atoms with van der Waals surface area (Å²) in [5.41, 5.74) is 6.55. The molecular formula is C10H13N5O. The van der Waals surface area contributed by atoms with Crippen LogP contribution in [0.3, 0.4) is 0 Å². The van der Waals surface area contributed by atoms with Crippen LogP contribution in [0.1, 0.15) is 11.4 Å². The van der Waals surface area contributed by atoms with Gasteiger partial charge in [-0.2, -0.15) is 0 Å². The standard InChI is InChI=1S/C10H13N5O/c1-16-9-5-3-2-4-8(9)7-15-10(6-11)12-13-14-15/h2-5H,6-7,11H2,1H3. The monoisotopic (exact) mass is 219 g/mol. The third kappa shape index (κ3) is 2.01. The van der Waals surface area contributed by atoms with Crippen LogP contribution < -0.4 is 10.5 Å².